The fraction of sp³-hybridized carbons (Fsp3) is 0.269. The molecule has 33 heavy (non-hydrogen) atoms. The number of piperazine rings is 1. The Balaban J connectivity index is 1.14. The summed E-state index contributed by atoms with van der Waals surface area (Å²) in [6.45, 7) is 5.74. The Kier molecular flexibility index (Phi) is 6.70. The van der Waals surface area contributed by atoms with Crippen molar-refractivity contribution < 1.29 is 4.74 Å². The Morgan fingerprint density at radius 2 is 1.42 bits per heavy atom. The summed E-state index contributed by atoms with van der Waals surface area (Å²) in [6.07, 6.45) is 0. The van der Waals surface area contributed by atoms with Crippen LogP contribution in [0, 0.1) is 0 Å². The number of aromatic amines is 1. The zero-order valence-corrected chi connectivity index (χ0v) is 18.5. The summed E-state index contributed by atoms with van der Waals surface area (Å²) >= 11 is 0. The number of H-pyrrole nitrogens is 1. The van der Waals surface area contributed by atoms with E-state index < -0.39 is 0 Å². The second-order valence-electron chi connectivity index (χ2n) is 8.22. The van der Waals surface area contributed by atoms with E-state index in [1.54, 1.807) is 0 Å². The van der Waals surface area contributed by atoms with E-state index in [0.717, 1.165) is 44.0 Å². The smallest absolute Gasteiger partial charge is 0.179 e. The third kappa shape index (κ3) is 5.27. The number of hydrogen-bond donors (Lipinski definition) is 1. The Morgan fingerprint density at radius 1 is 0.788 bits per heavy atom. The molecule has 0 bridgehead atoms. The van der Waals surface area contributed by atoms with Crippen LogP contribution in [-0.4, -0.2) is 69.8 Å². The highest BCUT2D eigenvalue weighted by Gasteiger charge is 2.26. The predicted molar refractivity (Wildman–Crippen MR) is 128 cm³/mol. The fourth-order valence-electron chi connectivity index (χ4n) is 4.41. The zero-order chi connectivity index (χ0) is 22.3. The van der Waals surface area contributed by atoms with Gasteiger partial charge in [-0.3, -0.25) is 9.80 Å². The monoisotopic (exact) mass is 440 g/mol. The first-order valence-corrected chi connectivity index (χ1v) is 11.4. The SMILES string of the molecule is c1ccc(C(c2ccccc2)N2CCN(CCOc3ccc(-c4nnn[nH]4)cc3)CC2)cc1. The number of nitrogens with one attached hydrogen (secondary N) is 1. The molecule has 0 aliphatic carbocycles. The van der Waals surface area contributed by atoms with Gasteiger partial charge in [0.2, 0.25) is 0 Å². The lowest BCUT2D eigenvalue weighted by Crippen LogP contribution is -2.48. The van der Waals surface area contributed by atoms with Crippen molar-refractivity contribution >= 4 is 0 Å². The maximum absolute atomic E-state index is 5.98. The minimum Gasteiger partial charge on any atom is -0.492 e. The summed E-state index contributed by atoms with van der Waals surface area (Å²) in [5.74, 6) is 1.52. The molecule has 1 saturated heterocycles. The van der Waals surface area contributed by atoms with Crippen LogP contribution < -0.4 is 4.74 Å². The van der Waals surface area contributed by atoms with E-state index in [1.165, 1.54) is 11.1 Å². The van der Waals surface area contributed by atoms with Crippen LogP contribution in [0.15, 0.2) is 84.9 Å². The van der Waals surface area contributed by atoms with Gasteiger partial charge in [0.05, 0.1) is 6.04 Å². The fourth-order valence-corrected chi connectivity index (χ4v) is 4.41. The number of nitrogens with zero attached hydrogens (tertiary/aromatic N) is 5. The molecular formula is C26H28N6O. The highest BCUT2D eigenvalue weighted by molar-refractivity contribution is 5.54. The maximum atomic E-state index is 5.98. The lowest BCUT2D eigenvalue weighted by Gasteiger charge is -2.39. The van der Waals surface area contributed by atoms with Crippen LogP contribution in [0.4, 0.5) is 0 Å². The van der Waals surface area contributed by atoms with E-state index in [4.69, 9.17) is 4.74 Å². The molecule has 1 aromatic heterocycles. The molecule has 0 saturated carbocycles. The van der Waals surface area contributed by atoms with E-state index in [-0.39, 0.29) is 0 Å². The van der Waals surface area contributed by atoms with Gasteiger partial charge in [-0.05, 0) is 45.8 Å². The summed E-state index contributed by atoms with van der Waals surface area (Å²) in [7, 11) is 0. The van der Waals surface area contributed by atoms with E-state index in [9.17, 15) is 0 Å². The van der Waals surface area contributed by atoms with E-state index in [1.807, 2.05) is 24.3 Å². The zero-order valence-electron chi connectivity index (χ0n) is 18.5. The average molecular weight is 441 g/mol. The van der Waals surface area contributed by atoms with Gasteiger partial charge in [0.1, 0.15) is 12.4 Å². The van der Waals surface area contributed by atoms with Crippen molar-refractivity contribution in [3.63, 3.8) is 0 Å². The minimum atomic E-state index is 0.295. The summed E-state index contributed by atoms with van der Waals surface area (Å²) < 4.78 is 5.98. The second-order valence-corrected chi connectivity index (χ2v) is 8.22. The van der Waals surface area contributed by atoms with Crippen molar-refractivity contribution in [2.45, 2.75) is 6.04 Å². The van der Waals surface area contributed by atoms with E-state index >= 15 is 0 Å². The van der Waals surface area contributed by atoms with Crippen LogP contribution in [0.25, 0.3) is 11.4 Å². The number of aromatic nitrogens is 4. The van der Waals surface area contributed by atoms with Gasteiger partial charge in [-0.1, -0.05) is 60.7 Å². The van der Waals surface area contributed by atoms with Crippen molar-refractivity contribution in [3.05, 3.63) is 96.1 Å². The molecule has 0 spiro atoms. The molecule has 0 unspecified atom stereocenters. The third-order valence-corrected chi connectivity index (χ3v) is 6.15. The van der Waals surface area contributed by atoms with E-state index in [2.05, 4.69) is 91.1 Å². The van der Waals surface area contributed by atoms with Gasteiger partial charge in [-0.25, -0.2) is 5.10 Å². The first-order chi connectivity index (χ1) is 16.4. The number of benzene rings is 3. The largest absolute Gasteiger partial charge is 0.492 e. The minimum absolute atomic E-state index is 0.295. The van der Waals surface area contributed by atoms with Gasteiger partial charge in [0, 0.05) is 38.3 Å². The quantitative estimate of drug-likeness (QED) is 0.451. The molecule has 0 radical (unpaired) electrons. The number of tetrazole rings is 1. The molecule has 2 heterocycles. The number of hydrogen-bond acceptors (Lipinski definition) is 6. The van der Waals surface area contributed by atoms with Crippen LogP contribution >= 0.6 is 0 Å². The molecule has 0 atom stereocenters. The number of rotatable bonds is 8. The van der Waals surface area contributed by atoms with Crippen molar-refractivity contribution in [2.24, 2.45) is 0 Å². The predicted octanol–water partition coefficient (Wildman–Crippen LogP) is 3.65. The molecule has 7 heteroatoms. The lowest BCUT2D eigenvalue weighted by atomic mass is 9.96. The van der Waals surface area contributed by atoms with Gasteiger partial charge in [0.15, 0.2) is 5.82 Å². The van der Waals surface area contributed by atoms with Gasteiger partial charge in [0.25, 0.3) is 0 Å². The van der Waals surface area contributed by atoms with Crippen LogP contribution in [0.2, 0.25) is 0 Å². The molecule has 1 N–H and O–H groups in total. The molecule has 1 aliphatic rings. The van der Waals surface area contributed by atoms with Crippen molar-refractivity contribution in [3.8, 4) is 17.1 Å². The van der Waals surface area contributed by atoms with Crippen LogP contribution in [0.5, 0.6) is 5.75 Å². The van der Waals surface area contributed by atoms with Crippen molar-refractivity contribution in [2.75, 3.05) is 39.3 Å². The molecule has 1 aliphatic heterocycles. The Morgan fingerprint density at radius 3 is 2.00 bits per heavy atom. The molecule has 168 valence electrons. The van der Waals surface area contributed by atoms with Gasteiger partial charge in [-0.15, -0.1) is 5.10 Å². The highest BCUT2D eigenvalue weighted by atomic mass is 16.5. The Labute approximate surface area is 194 Å². The first kappa shape index (κ1) is 21.3. The third-order valence-electron chi connectivity index (χ3n) is 6.15. The molecule has 4 aromatic rings. The molecule has 7 nitrogen and oxygen atoms in total. The standard InChI is InChI=1S/C26H28N6O/c1-3-7-21(8-4-1)25(22-9-5-2-6-10-22)32-17-15-31(16-18-32)19-20-33-24-13-11-23(12-14-24)26-27-29-30-28-26/h1-14,25H,15-20H2,(H,27,28,29,30). The van der Waals surface area contributed by atoms with E-state index in [0.29, 0.717) is 18.5 Å². The van der Waals surface area contributed by atoms with Crippen LogP contribution in [0.1, 0.15) is 17.2 Å². The molecule has 3 aromatic carbocycles. The molecule has 0 amide bonds. The molecule has 1 fully saturated rings. The summed E-state index contributed by atoms with van der Waals surface area (Å²) in [4.78, 5) is 5.08. The summed E-state index contributed by atoms with van der Waals surface area (Å²) in [6, 6.07) is 29.8. The van der Waals surface area contributed by atoms with Gasteiger partial charge >= 0.3 is 0 Å². The van der Waals surface area contributed by atoms with Crippen molar-refractivity contribution in [1.82, 2.24) is 30.4 Å². The lowest BCUT2D eigenvalue weighted by molar-refractivity contribution is 0.0977. The Bertz CT molecular complexity index is 1060. The topological polar surface area (TPSA) is 70.2 Å². The second kappa shape index (κ2) is 10.4. The van der Waals surface area contributed by atoms with Gasteiger partial charge < -0.3 is 4.74 Å². The molecular weight excluding hydrogens is 412 g/mol. The normalized spacial score (nSPS) is 15.1. The van der Waals surface area contributed by atoms with Crippen LogP contribution in [-0.2, 0) is 0 Å². The molecule has 5 rings (SSSR count). The summed E-state index contributed by atoms with van der Waals surface area (Å²) in [5.41, 5.74) is 3.64. The number of ether oxygens (including phenoxy) is 1. The van der Waals surface area contributed by atoms with Crippen LogP contribution in [0.3, 0.4) is 0 Å². The first-order valence-electron chi connectivity index (χ1n) is 11.4. The van der Waals surface area contributed by atoms with Gasteiger partial charge in [-0.2, -0.15) is 0 Å². The average Bonchev–Trinajstić information content (AvgIpc) is 3.42. The summed E-state index contributed by atoms with van der Waals surface area (Å²) in [5, 5.41) is 13.9. The van der Waals surface area contributed by atoms with Crippen molar-refractivity contribution in [1.29, 1.82) is 0 Å². The maximum Gasteiger partial charge on any atom is 0.179 e. The Hall–Kier alpha value is -3.55. The highest BCUT2D eigenvalue weighted by Crippen LogP contribution is 2.29.